The lowest BCUT2D eigenvalue weighted by Gasteiger charge is -2.21. The van der Waals surface area contributed by atoms with Gasteiger partial charge >= 0.3 is 5.97 Å². The van der Waals surface area contributed by atoms with E-state index >= 15 is 0 Å². The van der Waals surface area contributed by atoms with Crippen LogP contribution in [-0.2, 0) is 24.1 Å². The van der Waals surface area contributed by atoms with Crippen LogP contribution in [-0.4, -0.2) is 11.1 Å². The number of hydrogen-bond acceptors (Lipinski definition) is 1. The summed E-state index contributed by atoms with van der Waals surface area (Å²) >= 11 is 0. The van der Waals surface area contributed by atoms with Gasteiger partial charge in [-0.15, -0.1) is 0 Å². The molecule has 2 heteroatoms. The second-order valence-electron chi connectivity index (χ2n) is 12.1. The Labute approximate surface area is 256 Å². The van der Waals surface area contributed by atoms with E-state index in [0.29, 0.717) is 5.57 Å². The normalized spacial score (nSPS) is 12.9. The first-order valence-corrected chi connectivity index (χ1v) is 15.3. The number of carboxylic acids is 1. The summed E-state index contributed by atoms with van der Waals surface area (Å²) in [5.74, 6) is -0.898. The zero-order valence-corrected chi connectivity index (χ0v) is 24.1. The monoisotopic (exact) mass is 564 g/mol. The average Bonchev–Trinajstić information content (AvgIpc) is 3.75. The van der Waals surface area contributed by atoms with Crippen LogP contribution in [0.25, 0.3) is 44.5 Å². The lowest BCUT2D eigenvalue weighted by molar-refractivity contribution is -0.130. The second kappa shape index (κ2) is 9.52. The van der Waals surface area contributed by atoms with E-state index in [2.05, 4.69) is 115 Å². The molecule has 0 bridgehead atoms. The minimum absolute atomic E-state index is 0.378. The van der Waals surface area contributed by atoms with Gasteiger partial charge in [0.25, 0.3) is 0 Å². The molecule has 3 aliphatic rings. The molecule has 0 radical (unpaired) electrons. The highest BCUT2D eigenvalue weighted by Crippen LogP contribution is 2.49. The fraction of sp³-hybridized carbons (Fsp3) is 0.0714. The van der Waals surface area contributed by atoms with Gasteiger partial charge in [-0.25, -0.2) is 4.79 Å². The van der Waals surface area contributed by atoms with Crippen LogP contribution in [0.15, 0.2) is 127 Å². The molecule has 1 N–H and O–H groups in total. The first-order valence-electron chi connectivity index (χ1n) is 15.3. The quantitative estimate of drug-likeness (QED) is 0.171. The van der Waals surface area contributed by atoms with E-state index < -0.39 is 5.97 Å². The Kier molecular flexibility index (Phi) is 5.42. The Morgan fingerprint density at radius 3 is 1.16 bits per heavy atom. The summed E-state index contributed by atoms with van der Waals surface area (Å²) in [6, 6.07) is 44.6. The zero-order chi connectivity index (χ0) is 29.4. The summed E-state index contributed by atoms with van der Waals surface area (Å²) in [5, 5.41) is 11.3. The molecule has 0 saturated heterocycles. The van der Waals surface area contributed by atoms with E-state index in [1.54, 1.807) is 0 Å². The fourth-order valence-corrected chi connectivity index (χ4v) is 7.95. The minimum Gasteiger partial charge on any atom is -0.478 e. The number of aliphatic carboxylic acids is 1. The molecule has 0 amide bonds. The number of rotatable bonds is 4. The molecule has 0 aromatic heterocycles. The maximum absolute atomic E-state index is 13.7. The summed E-state index contributed by atoms with van der Waals surface area (Å²) in [6.07, 6.45) is 2.29. The lowest BCUT2D eigenvalue weighted by atomic mass is 9.81. The highest BCUT2D eigenvalue weighted by Gasteiger charge is 2.32. The standard InChI is InChI=1S/C42H28O2/c43-42(44)41(36-21-9-18-33-30-15-6-3-12-27(30)24-39(33)36)40(34-19-7-16-31-28-13-4-1-10-25(28)22-37(31)34)35-20-8-17-32-29-14-5-2-11-26(29)23-38(32)35/h1-21H,22-24H2,(H,43,44). The summed E-state index contributed by atoms with van der Waals surface area (Å²) in [6.45, 7) is 0. The third-order valence-corrected chi connectivity index (χ3v) is 9.82. The predicted molar refractivity (Wildman–Crippen MR) is 178 cm³/mol. The third-order valence-electron chi connectivity index (χ3n) is 9.82. The Hall–Kier alpha value is -5.47. The Morgan fingerprint density at radius 1 is 0.409 bits per heavy atom. The van der Waals surface area contributed by atoms with Crippen molar-refractivity contribution in [3.63, 3.8) is 0 Å². The summed E-state index contributed by atoms with van der Waals surface area (Å²) in [5.41, 5.74) is 18.5. The molecule has 44 heavy (non-hydrogen) atoms. The molecule has 0 saturated carbocycles. The Bertz CT molecular complexity index is 2130. The highest BCUT2D eigenvalue weighted by atomic mass is 16.4. The van der Waals surface area contributed by atoms with Gasteiger partial charge in [0, 0.05) is 5.57 Å². The average molecular weight is 565 g/mol. The van der Waals surface area contributed by atoms with Crippen LogP contribution >= 0.6 is 0 Å². The maximum Gasteiger partial charge on any atom is 0.336 e. The van der Waals surface area contributed by atoms with E-state index in [0.717, 1.165) is 52.7 Å². The van der Waals surface area contributed by atoms with Crippen LogP contribution in [0.4, 0.5) is 0 Å². The van der Waals surface area contributed by atoms with E-state index in [-0.39, 0.29) is 0 Å². The van der Waals surface area contributed by atoms with Gasteiger partial charge in [-0.05, 0) is 103 Å². The van der Waals surface area contributed by atoms with Crippen molar-refractivity contribution in [2.75, 3.05) is 0 Å². The molecule has 2 nitrogen and oxygen atoms in total. The molecular formula is C42H28O2. The molecule has 208 valence electrons. The number of hydrogen-bond donors (Lipinski definition) is 1. The first kappa shape index (κ1) is 25.1. The Morgan fingerprint density at radius 2 is 0.750 bits per heavy atom. The molecule has 3 aliphatic carbocycles. The van der Waals surface area contributed by atoms with Gasteiger partial charge < -0.3 is 5.11 Å². The van der Waals surface area contributed by atoms with Crippen molar-refractivity contribution in [3.8, 4) is 33.4 Å². The molecule has 0 heterocycles. The molecular weight excluding hydrogens is 536 g/mol. The van der Waals surface area contributed by atoms with Crippen LogP contribution in [0.2, 0.25) is 0 Å². The van der Waals surface area contributed by atoms with E-state index in [1.165, 1.54) is 55.6 Å². The minimum atomic E-state index is -0.898. The van der Waals surface area contributed by atoms with E-state index in [1.807, 2.05) is 12.1 Å². The highest BCUT2D eigenvalue weighted by molar-refractivity contribution is 6.27. The van der Waals surface area contributed by atoms with Crippen molar-refractivity contribution < 1.29 is 9.90 Å². The van der Waals surface area contributed by atoms with Crippen LogP contribution in [0, 0.1) is 0 Å². The van der Waals surface area contributed by atoms with Gasteiger partial charge in [0.15, 0.2) is 0 Å². The van der Waals surface area contributed by atoms with Crippen molar-refractivity contribution in [3.05, 3.63) is 177 Å². The number of benzene rings is 6. The maximum atomic E-state index is 13.7. The van der Waals surface area contributed by atoms with Crippen molar-refractivity contribution >= 4 is 17.1 Å². The summed E-state index contributed by atoms with van der Waals surface area (Å²) in [7, 11) is 0. The van der Waals surface area contributed by atoms with Gasteiger partial charge in [-0.1, -0.05) is 127 Å². The molecule has 0 fully saturated rings. The van der Waals surface area contributed by atoms with E-state index in [4.69, 9.17) is 0 Å². The van der Waals surface area contributed by atoms with Crippen molar-refractivity contribution in [1.29, 1.82) is 0 Å². The molecule has 0 spiro atoms. The van der Waals surface area contributed by atoms with Gasteiger partial charge in [-0.2, -0.15) is 0 Å². The second-order valence-corrected chi connectivity index (χ2v) is 12.1. The number of carbonyl (C=O) groups is 1. The molecule has 6 aromatic rings. The van der Waals surface area contributed by atoms with Crippen LogP contribution in [0.3, 0.4) is 0 Å². The van der Waals surface area contributed by atoms with Gasteiger partial charge in [0.1, 0.15) is 0 Å². The number of carboxylic acid groups (broad SMARTS) is 1. The van der Waals surface area contributed by atoms with Gasteiger partial charge in [0.2, 0.25) is 0 Å². The smallest absolute Gasteiger partial charge is 0.336 e. The van der Waals surface area contributed by atoms with E-state index in [9.17, 15) is 9.90 Å². The van der Waals surface area contributed by atoms with Crippen LogP contribution < -0.4 is 0 Å². The molecule has 6 aromatic carbocycles. The summed E-state index contributed by atoms with van der Waals surface area (Å²) in [4.78, 5) is 13.7. The van der Waals surface area contributed by atoms with Gasteiger partial charge in [0.05, 0.1) is 5.57 Å². The lowest BCUT2D eigenvalue weighted by Crippen LogP contribution is -2.09. The molecule has 0 aliphatic heterocycles. The number of fused-ring (bicyclic) bond motifs is 9. The van der Waals surface area contributed by atoms with Crippen LogP contribution in [0.1, 0.15) is 50.1 Å². The molecule has 9 rings (SSSR count). The van der Waals surface area contributed by atoms with Crippen LogP contribution in [0.5, 0.6) is 0 Å². The largest absolute Gasteiger partial charge is 0.478 e. The third kappa shape index (κ3) is 3.58. The van der Waals surface area contributed by atoms with Gasteiger partial charge in [-0.3, -0.25) is 0 Å². The SMILES string of the molecule is O=C(O)C(=C(c1cccc2c1Cc1ccccc1-2)c1cccc2c1Cc1ccccc1-2)c1cccc2c1Cc1ccccc1-2. The topological polar surface area (TPSA) is 37.3 Å². The molecule has 0 atom stereocenters. The van der Waals surface area contributed by atoms with Crippen molar-refractivity contribution in [2.24, 2.45) is 0 Å². The van der Waals surface area contributed by atoms with Crippen molar-refractivity contribution in [2.45, 2.75) is 19.3 Å². The first-order chi connectivity index (χ1) is 21.7. The van der Waals surface area contributed by atoms with Crippen molar-refractivity contribution in [1.82, 2.24) is 0 Å². The predicted octanol–water partition coefficient (Wildman–Crippen LogP) is 9.44. The Balaban J connectivity index is 1.37. The fourth-order valence-electron chi connectivity index (χ4n) is 7.95. The molecule has 0 unspecified atom stereocenters. The summed E-state index contributed by atoms with van der Waals surface area (Å²) < 4.78 is 0. The zero-order valence-electron chi connectivity index (χ0n) is 24.1.